The third-order valence-electron chi connectivity index (χ3n) is 2.52. The lowest BCUT2D eigenvalue weighted by Crippen LogP contribution is -1.99. The summed E-state index contributed by atoms with van der Waals surface area (Å²) < 4.78 is 0. The van der Waals surface area contributed by atoms with Crippen molar-refractivity contribution in [3.05, 3.63) is 58.1 Å². The van der Waals surface area contributed by atoms with Gasteiger partial charge in [0.1, 0.15) is 0 Å². The van der Waals surface area contributed by atoms with Gasteiger partial charge < -0.3 is 10.8 Å². The summed E-state index contributed by atoms with van der Waals surface area (Å²) in [5.74, 6) is -1.08. The Morgan fingerprint density at radius 1 is 1.20 bits per heavy atom. The van der Waals surface area contributed by atoms with Crippen molar-refractivity contribution >= 4 is 29.1 Å². The molecular weight excluding hydrogens is 280 g/mol. The highest BCUT2D eigenvalue weighted by Crippen LogP contribution is 2.37. The monoisotopic (exact) mass is 290 g/mol. The van der Waals surface area contributed by atoms with E-state index >= 15 is 0 Å². The highest BCUT2D eigenvalue weighted by Gasteiger charge is 2.18. The maximum Gasteiger partial charge on any atom is 0.336 e. The summed E-state index contributed by atoms with van der Waals surface area (Å²) in [6.07, 6.45) is 0. The van der Waals surface area contributed by atoms with Gasteiger partial charge in [0.25, 0.3) is 5.69 Å². The van der Waals surface area contributed by atoms with Gasteiger partial charge in [0.15, 0.2) is 0 Å². The zero-order valence-corrected chi connectivity index (χ0v) is 11.0. The van der Waals surface area contributed by atoms with Crippen LogP contribution in [0, 0.1) is 10.1 Å². The van der Waals surface area contributed by atoms with Gasteiger partial charge in [-0.1, -0.05) is 23.9 Å². The highest BCUT2D eigenvalue weighted by molar-refractivity contribution is 7.99. The van der Waals surface area contributed by atoms with Crippen LogP contribution in [0.1, 0.15) is 10.4 Å². The first kappa shape index (κ1) is 13.9. The van der Waals surface area contributed by atoms with E-state index in [4.69, 9.17) is 10.8 Å². The Morgan fingerprint density at radius 2 is 1.90 bits per heavy atom. The van der Waals surface area contributed by atoms with Gasteiger partial charge in [-0.15, -0.1) is 0 Å². The summed E-state index contributed by atoms with van der Waals surface area (Å²) in [7, 11) is 0. The zero-order chi connectivity index (χ0) is 14.7. The van der Waals surface area contributed by atoms with Crippen LogP contribution in [0.5, 0.6) is 0 Å². The number of aromatic carboxylic acids is 1. The third-order valence-corrected chi connectivity index (χ3v) is 3.66. The quantitative estimate of drug-likeness (QED) is 0.509. The molecule has 7 heteroatoms. The van der Waals surface area contributed by atoms with Gasteiger partial charge in [0.2, 0.25) is 0 Å². The fourth-order valence-electron chi connectivity index (χ4n) is 1.61. The van der Waals surface area contributed by atoms with Crippen molar-refractivity contribution in [3.63, 3.8) is 0 Å². The first-order chi connectivity index (χ1) is 9.49. The Hall–Kier alpha value is -2.54. The number of nitro groups is 1. The molecule has 0 aliphatic rings. The highest BCUT2D eigenvalue weighted by atomic mass is 32.2. The number of anilines is 1. The van der Waals surface area contributed by atoms with Crippen LogP contribution in [-0.2, 0) is 0 Å². The minimum atomic E-state index is -1.08. The van der Waals surface area contributed by atoms with Crippen LogP contribution in [0.4, 0.5) is 11.4 Å². The minimum absolute atomic E-state index is 0.101. The minimum Gasteiger partial charge on any atom is -0.478 e. The van der Waals surface area contributed by atoms with Crippen LogP contribution >= 0.6 is 11.8 Å². The standard InChI is InChI=1S/C13H10N2O4S/c14-8-5-6-12(10(7-8)15(18)19)20-11-4-2-1-3-9(11)13(16)17/h1-7H,14H2,(H,16,17). The van der Waals surface area contributed by atoms with Crippen LogP contribution in [-0.4, -0.2) is 16.0 Å². The number of nitrogens with zero attached hydrogens (tertiary/aromatic N) is 1. The van der Waals surface area contributed by atoms with Crippen molar-refractivity contribution in [2.75, 3.05) is 5.73 Å². The molecule has 0 radical (unpaired) electrons. The number of hydrogen-bond donors (Lipinski definition) is 2. The molecule has 0 aromatic heterocycles. The molecule has 2 rings (SSSR count). The predicted molar refractivity (Wildman–Crippen MR) is 75.0 cm³/mol. The lowest BCUT2D eigenvalue weighted by atomic mass is 10.2. The molecule has 0 amide bonds. The number of nitrogens with two attached hydrogens (primary N) is 1. The van der Waals surface area contributed by atoms with E-state index in [2.05, 4.69) is 0 Å². The number of carbonyl (C=O) groups is 1. The summed E-state index contributed by atoms with van der Waals surface area (Å²) in [6.45, 7) is 0. The summed E-state index contributed by atoms with van der Waals surface area (Å²) >= 11 is 1.03. The summed E-state index contributed by atoms with van der Waals surface area (Å²) in [5.41, 5.74) is 5.77. The summed E-state index contributed by atoms with van der Waals surface area (Å²) in [4.78, 5) is 22.4. The van der Waals surface area contributed by atoms with Gasteiger partial charge in [-0.05, 0) is 24.3 Å². The molecule has 0 bridgehead atoms. The van der Waals surface area contributed by atoms with E-state index in [1.165, 1.54) is 18.2 Å². The Balaban J connectivity index is 2.45. The first-order valence-electron chi connectivity index (χ1n) is 5.53. The topological polar surface area (TPSA) is 106 Å². The molecule has 2 aromatic rings. The van der Waals surface area contributed by atoms with Gasteiger partial charge in [0.05, 0.1) is 15.4 Å². The van der Waals surface area contributed by atoms with Gasteiger partial charge in [0, 0.05) is 16.6 Å². The van der Waals surface area contributed by atoms with Crippen molar-refractivity contribution in [1.82, 2.24) is 0 Å². The third kappa shape index (κ3) is 2.89. The molecule has 0 heterocycles. The molecular formula is C13H10N2O4S. The number of benzene rings is 2. The van der Waals surface area contributed by atoms with Crippen LogP contribution in [0.25, 0.3) is 0 Å². The average Bonchev–Trinajstić information content (AvgIpc) is 2.41. The van der Waals surface area contributed by atoms with E-state index in [1.807, 2.05) is 0 Å². The predicted octanol–water partition coefficient (Wildman–Crippen LogP) is 3.03. The molecule has 6 nitrogen and oxygen atoms in total. The smallest absolute Gasteiger partial charge is 0.336 e. The van der Waals surface area contributed by atoms with Gasteiger partial charge in [-0.2, -0.15) is 0 Å². The largest absolute Gasteiger partial charge is 0.478 e. The van der Waals surface area contributed by atoms with Gasteiger partial charge >= 0.3 is 5.97 Å². The van der Waals surface area contributed by atoms with Crippen LogP contribution in [0.2, 0.25) is 0 Å². The van der Waals surface area contributed by atoms with Crippen LogP contribution in [0.15, 0.2) is 52.3 Å². The van der Waals surface area contributed by atoms with E-state index < -0.39 is 10.9 Å². The fourth-order valence-corrected chi connectivity index (χ4v) is 2.64. The van der Waals surface area contributed by atoms with Gasteiger partial charge in [-0.3, -0.25) is 10.1 Å². The van der Waals surface area contributed by atoms with E-state index in [9.17, 15) is 14.9 Å². The average molecular weight is 290 g/mol. The molecule has 0 unspecified atom stereocenters. The second kappa shape index (κ2) is 5.62. The number of nitrogen functional groups attached to an aromatic ring is 1. The molecule has 0 fully saturated rings. The number of hydrogen-bond acceptors (Lipinski definition) is 5. The van der Waals surface area contributed by atoms with E-state index in [0.29, 0.717) is 9.79 Å². The zero-order valence-electron chi connectivity index (χ0n) is 10.1. The summed E-state index contributed by atoms with van der Waals surface area (Å²) in [5, 5.41) is 20.1. The van der Waals surface area contributed by atoms with Crippen molar-refractivity contribution in [1.29, 1.82) is 0 Å². The summed E-state index contributed by atoms with van der Waals surface area (Å²) in [6, 6.07) is 10.6. The maximum absolute atomic E-state index is 11.1. The van der Waals surface area contributed by atoms with E-state index in [-0.39, 0.29) is 16.9 Å². The molecule has 2 aromatic carbocycles. The van der Waals surface area contributed by atoms with Gasteiger partial charge in [-0.25, -0.2) is 4.79 Å². The van der Waals surface area contributed by atoms with Crippen LogP contribution < -0.4 is 5.73 Å². The molecule has 0 saturated heterocycles. The maximum atomic E-state index is 11.1. The molecule has 0 aliphatic heterocycles. The lowest BCUT2D eigenvalue weighted by Gasteiger charge is -2.06. The molecule has 0 saturated carbocycles. The van der Waals surface area contributed by atoms with Crippen LogP contribution in [0.3, 0.4) is 0 Å². The normalized spacial score (nSPS) is 10.2. The van der Waals surface area contributed by atoms with E-state index in [0.717, 1.165) is 11.8 Å². The number of rotatable bonds is 4. The SMILES string of the molecule is Nc1ccc(Sc2ccccc2C(=O)O)c([N+](=O)[O-])c1. The Labute approximate surface area is 118 Å². The molecule has 0 atom stereocenters. The first-order valence-corrected chi connectivity index (χ1v) is 6.35. The molecule has 20 heavy (non-hydrogen) atoms. The van der Waals surface area contributed by atoms with E-state index in [1.54, 1.807) is 24.3 Å². The Kier molecular flexibility index (Phi) is 3.90. The molecule has 3 N–H and O–H groups in total. The second-order valence-electron chi connectivity index (χ2n) is 3.89. The molecule has 0 spiro atoms. The fraction of sp³-hybridized carbons (Fsp3) is 0. The number of nitro benzene ring substituents is 1. The Bertz CT molecular complexity index is 688. The Morgan fingerprint density at radius 3 is 2.55 bits per heavy atom. The lowest BCUT2D eigenvalue weighted by molar-refractivity contribution is -0.387. The molecule has 0 aliphatic carbocycles. The number of carboxylic acid groups (broad SMARTS) is 1. The molecule has 102 valence electrons. The second-order valence-corrected chi connectivity index (χ2v) is 4.97. The van der Waals surface area contributed by atoms with Crippen molar-refractivity contribution in [2.45, 2.75) is 9.79 Å². The van der Waals surface area contributed by atoms with Crippen molar-refractivity contribution in [2.24, 2.45) is 0 Å². The van der Waals surface area contributed by atoms with Crippen molar-refractivity contribution in [3.8, 4) is 0 Å². The van der Waals surface area contributed by atoms with Crippen molar-refractivity contribution < 1.29 is 14.8 Å². The number of carboxylic acids is 1.